The molecule has 0 radical (unpaired) electrons. The summed E-state index contributed by atoms with van der Waals surface area (Å²) < 4.78 is 12.7. The van der Waals surface area contributed by atoms with Crippen molar-refractivity contribution < 1.29 is 5.79 Å². The van der Waals surface area contributed by atoms with Crippen molar-refractivity contribution in [1.29, 1.82) is 0 Å². The molecule has 0 atom stereocenters. The molecule has 0 aliphatic carbocycles. The molecular formula is C10H8O2. The van der Waals surface area contributed by atoms with Gasteiger partial charge in [-0.15, -0.1) is 0 Å². The molecule has 0 spiro atoms. The summed E-state index contributed by atoms with van der Waals surface area (Å²) in [5, 5.41) is 0.479. The predicted molar refractivity (Wildman–Crippen MR) is 47.2 cm³/mol. The Morgan fingerprint density at radius 2 is 2.33 bits per heavy atom. The monoisotopic (exact) mass is 161 g/mol. The summed E-state index contributed by atoms with van der Waals surface area (Å²) in [7, 11) is 0. The molecule has 0 amide bonds. The minimum Gasteiger partial charge on any atom is -0.464 e. The van der Waals surface area contributed by atoms with Crippen molar-refractivity contribution in [3.05, 3.63) is 46.3 Å². The van der Waals surface area contributed by atoms with Gasteiger partial charge in [-0.3, -0.25) is 4.79 Å². The summed E-state index contributed by atoms with van der Waals surface area (Å²) in [5.74, 6) is 0. The number of aryl methyl sites for hydroxylation is 1. The summed E-state index contributed by atoms with van der Waals surface area (Å²) in [6.07, 6.45) is 1.32. The first kappa shape index (κ1) is 6.00. The van der Waals surface area contributed by atoms with Crippen molar-refractivity contribution in [2.24, 2.45) is 0 Å². The third-order valence-electron chi connectivity index (χ3n) is 1.72. The van der Waals surface area contributed by atoms with Crippen LogP contribution in [0, 0.1) is 6.92 Å². The Labute approximate surface area is 70.8 Å². The molecule has 0 fully saturated rings. The summed E-state index contributed by atoms with van der Waals surface area (Å²) >= 11 is 0. The van der Waals surface area contributed by atoms with E-state index in [1.807, 2.05) is 6.92 Å². The van der Waals surface area contributed by atoms with E-state index in [1.54, 1.807) is 12.1 Å². The van der Waals surface area contributed by atoms with E-state index in [9.17, 15) is 4.79 Å². The molecule has 60 valence electrons. The quantitative estimate of drug-likeness (QED) is 0.592. The van der Waals surface area contributed by atoms with Gasteiger partial charge < -0.3 is 4.42 Å². The third kappa shape index (κ3) is 1.01. The zero-order valence-electron chi connectivity index (χ0n) is 7.63. The number of fused-ring (bicyclic) bond motifs is 1. The third-order valence-corrected chi connectivity index (χ3v) is 1.72. The molecule has 0 bridgehead atoms. The van der Waals surface area contributed by atoms with E-state index in [2.05, 4.69) is 0 Å². The van der Waals surface area contributed by atoms with Gasteiger partial charge in [-0.05, 0) is 19.0 Å². The smallest absolute Gasteiger partial charge is 0.192 e. The second-order valence-electron chi connectivity index (χ2n) is 2.70. The molecule has 2 aromatic rings. The van der Waals surface area contributed by atoms with Gasteiger partial charge >= 0.3 is 0 Å². The van der Waals surface area contributed by atoms with E-state index in [4.69, 9.17) is 5.79 Å². The molecule has 1 aromatic carbocycles. The van der Waals surface area contributed by atoms with Crippen molar-refractivity contribution in [3.8, 4) is 0 Å². The Morgan fingerprint density at radius 3 is 3.17 bits per heavy atom. The van der Waals surface area contributed by atoms with E-state index in [0.717, 1.165) is 5.56 Å². The lowest BCUT2D eigenvalue weighted by atomic mass is 10.1. The van der Waals surface area contributed by atoms with Gasteiger partial charge in [-0.2, -0.15) is 0 Å². The van der Waals surface area contributed by atoms with Gasteiger partial charge in [-0.1, -0.05) is 11.6 Å². The van der Waals surface area contributed by atoms with Gasteiger partial charge in [0.05, 0.1) is 13.0 Å². The molecule has 0 saturated heterocycles. The number of hydrogen-bond acceptors (Lipinski definition) is 2. The fraction of sp³-hybridized carbons (Fsp3) is 0.100. The second-order valence-corrected chi connectivity index (χ2v) is 2.70. The van der Waals surface area contributed by atoms with Crippen LogP contribution in [0.1, 0.15) is 6.93 Å². The summed E-state index contributed by atoms with van der Waals surface area (Å²) in [5.41, 5.74) is 1.16. The second kappa shape index (κ2) is 2.48. The van der Waals surface area contributed by atoms with Crippen LogP contribution in [-0.4, -0.2) is 0 Å². The normalized spacial score (nSPS) is 11.6. The highest BCUT2D eigenvalue weighted by Gasteiger charge is 1.97. The Hall–Kier alpha value is -1.57. The Bertz CT molecular complexity index is 514. The first-order valence-corrected chi connectivity index (χ1v) is 3.67. The van der Waals surface area contributed by atoms with Crippen LogP contribution in [0.25, 0.3) is 11.0 Å². The molecule has 2 nitrogen and oxygen atoms in total. The lowest BCUT2D eigenvalue weighted by Crippen LogP contribution is -1.97. The molecule has 12 heavy (non-hydrogen) atoms. The zero-order valence-corrected chi connectivity index (χ0v) is 6.63. The van der Waals surface area contributed by atoms with Crippen LogP contribution in [0.15, 0.2) is 39.7 Å². The van der Waals surface area contributed by atoms with Gasteiger partial charge in [0.25, 0.3) is 0 Å². The molecule has 0 saturated carbocycles. The largest absolute Gasteiger partial charge is 0.464 e. The van der Waals surface area contributed by atoms with Crippen LogP contribution in [-0.2, 0) is 0 Å². The molecule has 1 aromatic heterocycles. The number of hydrogen-bond donors (Lipinski definition) is 0. The van der Waals surface area contributed by atoms with Crippen LogP contribution >= 0.6 is 0 Å². The molecule has 0 aliphatic heterocycles. The van der Waals surface area contributed by atoms with Crippen molar-refractivity contribution in [3.63, 3.8) is 0 Å². The van der Waals surface area contributed by atoms with Crippen LogP contribution < -0.4 is 5.43 Å². The van der Waals surface area contributed by atoms with Crippen LogP contribution in [0.4, 0.5) is 0 Å². The minimum atomic E-state index is -0.0987. The van der Waals surface area contributed by atoms with Crippen molar-refractivity contribution >= 4 is 11.0 Å². The Kier molecular flexibility index (Phi) is 1.24. The van der Waals surface area contributed by atoms with E-state index in [-0.39, 0.29) is 11.5 Å². The van der Waals surface area contributed by atoms with E-state index in [1.165, 1.54) is 12.3 Å². The van der Waals surface area contributed by atoms with Crippen LogP contribution in [0.3, 0.4) is 0 Å². The minimum absolute atomic E-state index is 0.0987. The number of rotatable bonds is 0. The molecule has 2 heteroatoms. The predicted octanol–water partition coefficient (Wildman–Crippen LogP) is 2.10. The lowest BCUT2D eigenvalue weighted by molar-refractivity contribution is 0.602. The Morgan fingerprint density at radius 1 is 1.50 bits per heavy atom. The first-order chi connectivity index (χ1) is 6.18. The van der Waals surface area contributed by atoms with Crippen molar-refractivity contribution in [2.75, 3.05) is 0 Å². The lowest BCUT2D eigenvalue weighted by Gasteiger charge is -1.95. The van der Waals surface area contributed by atoms with Crippen molar-refractivity contribution in [2.45, 2.75) is 6.92 Å². The summed E-state index contributed by atoms with van der Waals surface area (Å²) in [4.78, 5) is 11.3. The molecule has 2 rings (SSSR count). The van der Waals surface area contributed by atoms with E-state index in [0.29, 0.717) is 11.0 Å². The molecule has 0 N–H and O–H groups in total. The molecular weight excluding hydrogens is 152 g/mol. The van der Waals surface area contributed by atoms with Gasteiger partial charge in [0, 0.05) is 6.07 Å². The average molecular weight is 161 g/mol. The van der Waals surface area contributed by atoms with E-state index >= 15 is 0 Å². The molecule has 1 heterocycles. The van der Waals surface area contributed by atoms with E-state index < -0.39 is 0 Å². The van der Waals surface area contributed by atoms with Crippen molar-refractivity contribution in [1.82, 2.24) is 0 Å². The van der Waals surface area contributed by atoms with Gasteiger partial charge in [0.15, 0.2) is 5.43 Å². The highest BCUT2D eigenvalue weighted by molar-refractivity contribution is 5.76. The van der Waals surface area contributed by atoms with Crippen LogP contribution in [0.5, 0.6) is 0 Å². The van der Waals surface area contributed by atoms with Gasteiger partial charge in [0.2, 0.25) is 0 Å². The zero-order chi connectivity index (χ0) is 9.42. The molecule has 0 unspecified atom stereocenters. The average Bonchev–Trinajstić information content (AvgIpc) is 2.07. The topological polar surface area (TPSA) is 30.2 Å². The van der Waals surface area contributed by atoms with Gasteiger partial charge in [0.1, 0.15) is 5.58 Å². The SMILES string of the molecule is [2H]c1cc(C)cc2c(=O)ccoc12. The number of benzene rings is 1. The summed E-state index contributed by atoms with van der Waals surface area (Å²) in [6.45, 7) is 1.85. The van der Waals surface area contributed by atoms with Gasteiger partial charge in [-0.25, -0.2) is 0 Å². The maximum atomic E-state index is 11.3. The highest BCUT2D eigenvalue weighted by atomic mass is 16.3. The standard InChI is InChI=1S/C10H8O2/c1-7-2-3-10-8(6-7)9(11)4-5-12-10/h2-6H,1H3/i3D. The first-order valence-electron chi connectivity index (χ1n) is 4.17. The van der Waals surface area contributed by atoms with Crippen LogP contribution in [0.2, 0.25) is 0 Å². The maximum absolute atomic E-state index is 11.3. The summed E-state index contributed by atoms with van der Waals surface area (Å²) in [6, 6.07) is 5.03. The fourth-order valence-corrected chi connectivity index (χ4v) is 1.13. The molecule has 0 aliphatic rings. The Balaban J connectivity index is 3.03. The fourth-order valence-electron chi connectivity index (χ4n) is 1.13. The highest BCUT2D eigenvalue weighted by Crippen LogP contribution is 2.10. The maximum Gasteiger partial charge on any atom is 0.192 e.